The van der Waals surface area contributed by atoms with E-state index < -0.39 is 0 Å². The van der Waals surface area contributed by atoms with Crippen molar-refractivity contribution < 1.29 is 4.79 Å². The van der Waals surface area contributed by atoms with Gasteiger partial charge in [0, 0.05) is 17.3 Å². The lowest BCUT2D eigenvalue weighted by Crippen LogP contribution is -2.08. The number of nitrogens with zero attached hydrogens (tertiary/aromatic N) is 2. The molecule has 4 nitrogen and oxygen atoms in total. The molecule has 0 spiro atoms. The summed E-state index contributed by atoms with van der Waals surface area (Å²) in [4.78, 5) is 21.2. The molecule has 130 valence electrons. The van der Waals surface area contributed by atoms with Crippen molar-refractivity contribution in [2.45, 2.75) is 0 Å². The van der Waals surface area contributed by atoms with Crippen LogP contribution in [0, 0.1) is 0 Å². The first-order valence-corrected chi connectivity index (χ1v) is 8.65. The van der Waals surface area contributed by atoms with Crippen LogP contribution in [-0.4, -0.2) is 15.9 Å². The smallest absolute Gasteiger partial charge is 0.248 e. The Morgan fingerprint density at radius 3 is 2.37 bits per heavy atom. The minimum absolute atomic E-state index is 0.215. The van der Waals surface area contributed by atoms with E-state index in [9.17, 15) is 4.79 Å². The Labute approximate surface area is 157 Å². The van der Waals surface area contributed by atoms with Gasteiger partial charge in [-0.1, -0.05) is 60.7 Å². The van der Waals surface area contributed by atoms with E-state index in [2.05, 4.69) is 15.3 Å². The van der Waals surface area contributed by atoms with Crippen LogP contribution in [-0.2, 0) is 4.79 Å². The molecule has 0 aliphatic carbocycles. The maximum atomic E-state index is 12.4. The Hall–Kier alpha value is -3.79. The predicted octanol–water partition coefficient (Wildman–Crippen LogP) is 4.95. The van der Waals surface area contributed by atoms with Gasteiger partial charge in [-0.25, -0.2) is 4.98 Å². The summed E-state index contributed by atoms with van der Waals surface area (Å²) in [6, 6.07) is 25.3. The summed E-state index contributed by atoms with van der Waals surface area (Å²) in [6.45, 7) is 0. The number of para-hydroxylation sites is 3. The van der Waals surface area contributed by atoms with Gasteiger partial charge in [-0.15, -0.1) is 0 Å². The summed E-state index contributed by atoms with van der Waals surface area (Å²) in [7, 11) is 0. The van der Waals surface area contributed by atoms with Gasteiger partial charge in [0.2, 0.25) is 5.91 Å². The van der Waals surface area contributed by atoms with E-state index >= 15 is 0 Å². The molecule has 4 heteroatoms. The summed E-state index contributed by atoms with van der Waals surface area (Å²) in [5, 5.41) is 2.94. The van der Waals surface area contributed by atoms with Crippen molar-refractivity contribution in [3.63, 3.8) is 0 Å². The molecule has 0 saturated carbocycles. The van der Waals surface area contributed by atoms with E-state index in [1.54, 1.807) is 12.3 Å². The highest BCUT2D eigenvalue weighted by Gasteiger charge is 2.06. The quantitative estimate of drug-likeness (QED) is 0.529. The molecule has 4 aromatic rings. The summed E-state index contributed by atoms with van der Waals surface area (Å²) >= 11 is 0. The van der Waals surface area contributed by atoms with Gasteiger partial charge in [0.15, 0.2) is 0 Å². The van der Waals surface area contributed by atoms with Crippen LogP contribution in [0.25, 0.3) is 28.2 Å². The van der Waals surface area contributed by atoms with Crippen molar-refractivity contribution in [2.75, 3.05) is 5.32 Å². The summed E-state index contributed by atoms with van der Waals surface area (Å²) in [5.41, 5.74) is 5.07. The van der Waals surface area contributed by atoms with Crippen molar-refractivity contribution in [3.05, 3.63) is 96.8 Å². The first-order valence-electron chi connectivity index (χ1n) is 8.65. The third-order valence-corrected chi connectivity index (χ3v) is 4.14. The molecular weight excluding hydrogens is 334 g/mol. The first kappa shape index (κ1) is 16.7. The fraction of sp³-hybridized carbons (Fsp3) is 0. The lowest BCUT2D eigenvalue weighted by Gasteiger charge is -2.09. The van der Waals surface area contributed by atoms with Gasteiger partial charge >= 0.3 is 0 Å². The van der Waals surface area contributed by atoms with Crippen LogP contribution in [0.3, 0.4) is 0 Å². The molecule has 0 saturated heterocycles. The number of fused-ring (bicyclic) bond motifs is 1. The minimum Gasteiger partial charge on any atom is -0.322 e. The standard InChI is InChI=1S/C23H17N3O/c27-23(15-14-18-16-24-21-12-6-7-13-22(21)25-18)26-20-11-5-4-10-19(20)17-8-2-1-3-9-17/h1-16H,(H,26,27)/b15-14+. The van der Waals surface area contributed by atoms with Gasteiger partial charge in [-0.3, -0.25) is 9.78 Å². The SMILES string of the molecule is O=C(/C=C/c1cnc2ccccc2n1)Nc1ccccc1-c1ccccc1. The third-order valence-electron chi connectivity index (χ3n) is 4.14. The molecule has 27 heavy (non-hydrogen) atoms. The molecule has 4 rings (SSSR count). The first-order chi connectivity index (χ1) is 13.3. The van der Waals surface area contributed by atoms with Crippen LogP contribution >= 0.6 is 0 Å². The topological polar surface area (TPSA) is 54.9 Å². The number of amides is 1. The molecule has 1 heterocycles. The highest BCUT2D eigenvalue weighted by Crippen LogP contribution is 2.27. The normalized spacial score (nSPS) is 11.0. The zero-order valence-corrected chi connectivity index (χ0v) is 14.5. The molecule has 0 aliphatic heterocycles. The van der Waals surface area contributed by atoms with Crippen molar-refractivity contribution in [1.82, 2.24) is 9.97 Å². The Morgan fingerprint density at radius 1 is 0.815 bits per heavy atom. The van der Waals surface area contributed by atoms with E-state index in [1.807, 2.05) is 78.9 Å². The molecule has 3 aromatic carbocycles. The Balaban J connectivity index is 1.53. The van der Waals surface area contributed by atoms with Crippen LogP contribution in [0.2, 0.25) is 0 Å². The van der Waals surface area contributed by atoms with E-state index in [4.69, 9.17) is 0 Å². The molecular formula is C23H17N3O. The predicted molar refractivity (Wildman–Crippen MR) is 109 cm³/mol. The van der Waals surface area contributed by atoms with Gasteiger partial charge in [0.05, 0.1) is 22.9 Å². The van der Waals surface area contributed by atoms with Crippen LogP contribution in [0.15, 0.2) is 91.1 Å². The average molecular weight is 351 g/mol. The van der Waals surface area contributed by atoms with Gasteiger partial charge in [-0.05, 0) is 29.8 Å². The Bertz CT molecular complexity index is 1120. The maximum absolute atomic E-state index is 12.4. The number of hydrogen-bond acceptors (Lipinski definition) is 3. The Morgan fingerprint density at radius 2 is 1.52 bits per heavy atom. The maximum Gasteiger partial charge on any atom is 0.248 e. The van der Waals surface area contributed by atoms with Crippen molar-refractivity contribution >= 4 is 28.7 Å². The van der Waals surface area contributed by atoms with Crippen LogP contribution < -0.4 is 5.32 Å². The second kappa shape index (κ2) is 7.62. The number of carbonyl (C=O) groups is 1. The molecule has 1 amide bonds. The summed E-state index contributed by atoms with van der Waals surface area (Å²) < 4.78 is 0. The molecule has 0 unspecified atom stereocenters. The molecule has 0 fully saturated rings. The van der Waals surface area contributed by atoms with Crippen molar-refractivity contribution in [1.29, 1.82) is 0 Å². The van der Waals surface area contributed by atoms with Gasteiger partial charge in [0.25, 0.3) is 0 Å². The molecule has 0 bridgehead atoms. The fourth-order valence-corrected chi connectivity index (χ4v) is 2.85. The fourth-order valence-electron chi connectivity index (χ4n) is 2.85. The van der Waals surface area contributed by atoms with E-state index in [-0.39, 0.29) is 5.91 Å². The number of anilines is 1. The number of benzene rings is 3. The van der Waals surface area contributed by atoms with E-state index in [0.717, 1.165) is 27.8 Å². The zero-order chi connectivity index (χ0) is 18.5. The number of rotatable bonds is 4. The monoisotopic (exact) mass is 351 g/mol. The van der Waals surface area contributed by atoms with Gasteiger partial charge in [-0.2, -0.15) is 0 Å². The second-order valence-electron chi connectivity index (χ2n) is 6.02. The molecule has 1 aromatic heterocycles. The second-order valence-corrected chi connectivity index (χ2v) is 6.02. The highest BCUT2D eigenvalue weighted by atomic mass is 16.1. The Kier molecular flexibility index (Phi) is 4.70. The lowest BCUT2D eigenvalue weighted by molar-refractivity contribution is -0.111. The van der Waals surface area contributed by atoms with E-state index in [0.29, 0.717) is 5.69 Å². The van der Waals surface area contributed by atoms with Crippen LogP contribution in [0.1, 0.15) is 5.69 Å². The number of hydrogen-bond donors (Lipinski definition) is 1. The number of carbonyl (C=O) groups excluding carboxylic acids is 1. The minimum atomic E-state index is -0.215. The molecule has 0 aliphatic rings. The highest BCUT2D eigenvalue weighted by molar-refractivity contribution is 6.04. The lowest BCUT2D eigenvalue weighted by atomic mass is 10.0. The third kappa shape index (κ3) is 3.90. The van der Waals surface area contributed by atoms with Crippen LogP contribution in [0.5, 0.6) is 0 Å². The molecule has 0 atom stereocenters. The molecule has 0 radical (unpaired) electrons. The number of aromatic nitrogens is 2. The number of nitrogens with one attached hydrogen (secondary N) is 1. The summed E-state index contributed by atoms with van der Waals surface area (Å²) in [6.07, 6.45) is 4.80. The summed E-state index contributed by atoms with van der Waals surface area (Å²) in [5.74, 6) is -0.215. The average Bonchev–Trinajstić information content (AvgIpc) is 2.73. The van der Waals surface area contributed by atoms with Crippen molar-refractivity contribution in [3.8, 4) is 11.1 Å². The van der Waals surface area contributed by atoms with Gasteiger partial charge in [0.1, 0.15) is 0 Å². The zero-order valence-electron chi connectivity index (χ0n) is 14.5. The molecule has 1 N–H and O–H groups in total. The van der Waals surface area contributed by atoms with Crippen molar-refractivity contribution in [2.24, 2.45) is 0 Å². The van der Waals surface area contributed by atoms with Crippen LogP contribution in [0.4, 0.5) is 5.69 Å². The van der Waals surface area contributed by atoms with E-state index in [1.165, 1.54) is 6.08 Å². The largest absolute Gasteiger partial charge is 0.322 e. The van der Waals surface area contributed by atoms with Gasteiger partial charge < -0.3 is 5.32 Å².